The summed E-state index contributed by atoms with van der Waals surface area (Å²) < 4.78 is 12.8. The van der Waals surface area contributed by atoms with Gasteiger partial charge < -0.3 is 29.2 Å². The van der Waals surface area contributed by atoms with E-state index in [0.29, 0.717) is 62.3 Å². The highest BCUT2D eigenvalue weighted by Gasteiger charge is 2.35. The Kier molecular flexibility index (Phi) is 5.59. The fraction of sp³-hybridized carbons (Fsp3) is 0.407. The van der Waals surface area contributed by atoms with Crippen molar-refractivity contribution in [1.29, 1.82) is 0 Å². The van der Waals surface area contributed by atoms with E-state index in [-0.39, 0.29) is 31.3 Å². The van der Waals surface area contributed by atoms with Crippen LogP contribution in [-0.4, -0.2) is 51.9 Å². The minimum absolute atomic E-state index is 0.101. The summed E-state index contributed by atoms with van der Waals surface area (Å²) in [6.07, 6.45) is 4.47. The van der Waals surface area contributed by atoms with Gasteiger partial charge in [0.1, 0.15) is 0 Å². The highest BCUT2D eigenvalue weighted by atomic mass is 16.7. The van der Waals surface area contributed by atoms with Crippen LogP contribution in [0, 0.1) is 0 Å². The van der Waals surface area contributed by atoms with Crippen LogP contribution >= 0.6 is 0 Å². The zero-order valence-electron chi connectivity index (χ0n) is 19.5. The highest BCUT2D eigenvalue weighted by molar-refractivity contribution is 6.27. The average molecular weight is 477 g/mol. The summed E-state index contributed by atoms with van der Waals surface area (Å²) in [5.41, 5.74) is 2.99. The summed E-state index contributed by atoms with van der Waals surface area (Å²) >= 11 is 0. The van der Waals surface area contributed by atoms with Crippen LogP contribution in [0.4, 0.5) is 0 Å². The van der Waals surface area contributed by atoms with E-state index in [1.54, 1.807) is 28.8 Å². The van der Waals surface area contributed by atoms with Gasteiger partial charge in [0.25, 0.3) is 5.56 Å². The SMILES string of the molecule is O=C1c2cc3c(cc2-c2c1c1cc(CO)c(CO)cc1c(=O)n2CCCN1CCCCC1)OCO3. The van der Waals surface area contributed by atoms with E-state index in [0.717, 1.165) is 26.1 Å². The number of likely N-dealkylation sites (tertiary alicyclic amines) is 1. The zero-order chi connectivity index (χ0) is 24.1. The van der Waals surface area contributed by atoms with Gasteiger partial charge >= 0.3 is 0 Å². The Morgan fingerprint density at radius 1 is 0.800 bits per heavy atom. The van der Waals surface area contributed by atoms with Crippen molar-refractivity contribution in [1.82, 2.24) is 9.47 Å². The quantitative estimate of drug-likeness (QED) is 0.441. The number of ketones is 1. The number of nitrogens with zero attached hydrogens (tertiary/aromatic N) is 2. The predicted octanol–water partition coefficient (Wildman–Crippen LogP) is 2.80. The van der Waals surface area contributed by atoms with Crippen molar-refractivity contribution in [2.45, 2.75) is 45.4 Å². The van der Waals surface area contributed by atoms with E-state index in [1.807, 2.05) is 0 Å². The third-order valence-corrected chi connectivity index (χ3v) is 7.48. The second kappa shape index (κ2) is 8.78. The molecule has 182 valence electrons. The summed E-state index contributed by atoms with van der Waals surface area (Å²) in [5, 5.41) is 20.6. The minimum atomic E-state index is -0.299. The molecule has 1 fully saturated rings. The molecular formula is C27H28N2O6. The molecule has 2 aromatic carbocycles. The Bertz CT molecular complexity index is 1400. The first-order valence-electron chi connectivity index (χ1n) is 12.3. The molecular weight excluding hydrogens is 448 g/mol. The molecule has 6 rings (SSSR count). The molecule has 1 aromatic heterocycles. The number of pyridine rings is 1. The third kappa shape index (κ3) is 3.55. The minimum Gasteiger partial charge on any atom is -0.454 e. The van der Waals surface area contributed by atoms with Crippen LogP contribution in [0.25, 0.3) is 22.0 Å². The van der Waals surface area contributed by atoms with Gasteiger partial charge in [0.15, 0.2) is 17.3 Å². The molecule has 0 bridgehead atoms. The summed E-state index contributed by atoms with van der Waals surface area (Å²) in [5.74, 6) is 0.902. The lowest BCUT2D eigenvalue weighted by atomic mass is 9.97. The second-order valence-corrected chi connectivity index (χ2v) is 9.50. The maximum Gasteiger partial charge on any atom is 0.258 e. The van der Waals surface area contributed by atoms with Gasteiger partial charge in [0.05, 0.1) is 24.5 Å². The third-order valence-electron chi connectivity index (χ3n) is 7.48. The zero-order valence-corrected chi connectivity index (χ0v) is 19.5. The molecule has 3 heterocycles. The van der Waals surface area contributed by atoms with Gasteiger partial charge in [-0.05, 0) is 74.3 Å². The van der Waals surface area contributed by atoms with Crippen LogP contribution in [0.15, 0.2) is 29.1 Å². The number of aromatic nitrogens is 1. The van der Waals surface area contributed by atoms with Crippen molar-refractivity contribution in [3.8, 4) is 22.8 Å². The number of hydrogen-bond donors (Lipinski definition) is 2. The molecule has 3 aromatic rings. The van der Waals surface area contributed by atoms with Crippen LogP contribution in [0.3, 0.4) is 0 Å². The summed E-state index contributed by atoms with van der Waals surface area (Å²) in [6, 6.07) is 6.78. The van der Waals surface area contributed by atoms with Crippen molar-refractivity contribution >= 4 is 16.6 Å². The van der Waals surface area contributed by atoms with Gasteiger partial charge in [-0.25, -0.2) is 0 Å². The van der Waals surface area contributed by atoms with Crippen LogP contribution < -0.4 is 15.0 Å². The average Bonchev–Trinajstić information content (AvgIpc) is 3.46. The molecule has 0 spiro atoms. The lowest BCUT2D eigenvalue weighted by Crippen LogP contribution is -2.32. The summed E-state index contributed by atoms with van der Waals surface area (Å²) in [4.78, 5) is 30.0. The maximum atomic E-state index is 13.8. The van der Waals surface area contributed by atoms with E-state index < -0.39 is 0 Å². The number of piperidine rings is 1. The van der Waals surface area contributed by atoms with Gasteiger partial charge in [0, 0.05) is 28.4 Å². The van der Waals surface area contributed by atoms with Crippen LogP contribution in [-0.2, 0) is 19.8 Å². The maximum absolute atomic E-state index is 13.8. The summed E-state index contributed by atoms with van der Waals surface area (Å²) in [6.45, 7) is 3.04. The molecule has 2 N–H and O–H groups in total. The van der Waals surface area contributed by atoms with Crippen LogP contribution in [0.1, 0.15) is 52.7 Å². The number of ether oxygens (including phenoxy) is 2. The number of hydrogen-bond acceptors (Lipinski definition) is 7. The molecule has 3 aliphatic rings. The lowest BCUT2D eigenvalue weighted by molar-refractivity contribution is 0.104. The largest absolute Gasteiger partial charge is 0.454 e. The first kappa shape index (κ1) is 22.3. The Balaban J connectivity index is 1.53. The first-order valence-corrected chi connectivity index (χ1v) is 12.3. The number of carbonyl (C=O) groups excluding carboxylic acids is 1. The van der Waals surface area contributed by atoms with Gasteiger partial charge in [-0.3, -0.25) is 9.59 Å². The fourth-order valence-corrected chi connectivity index (χ4v) is 5.70. The molecule has 8 nitrogen and oxygen atoms in total. The molecule has 0 unspecified atom stereocenters. The molecule has 1 saturated heterocycles. The number of aliphatic hydroxyl groups is 2. The number of fused-ring (bicyclic) bond motifs is 6. The van der Waals surface area contributed by atoms with E-state index in [4.69, 9.17) is 9.47 Å². The van der Waals surface area contributed by atoms with Crippen molar-refractivity contribution in [2.24, 2.45) is 0 Å². The molecule has 2 aliphatic heterocycles. The van der Waals surface area contributed by atoms with Crippen molar-refractivity contribution < 1.29 is 24.5 Å². The van der Waals surface area contributed by atoms with Gasteiger partial charge in [0.2, 0.25) is 6.79 Å². The van der Waals surface area contributed by atoms with E-state index in [2.05, 4.69) is 4.90 Å². The standard InChI is InChI=1S/C27H28N2O6/c30-13-16-9-18-21(10-17(16)14-31)27(33)29(8-4-7-28-5-2-1-3-6-28)25-19-11-22-23(35-15-34-22)12-20(19)26(32)24(18)25/h9-12,30-31H,1-8,13-15H2. The Morgan fingerprint density at radius 2 is 1.46 bits per heavy atom. The van der Waals surface area contributed by atoms with Gasteiger partial charge in [-0.2, -0.15) is 0 Å². The Labute approximate surface area is 202 Å². The Hall–Kier alpha value is -3.20. The van der Waals surface area contributed by atoms with E-state index in [9.17, 15) is 19.8 Å². The van der Waals surface area contributed by atoms with Crippen LogP contribution in [0.2, 0.25) is 0 Å². The smallest absolute Gasteiger partial charge is 0.258 e. The van der Waals surface area contributed by atoms with E-state index >= 15 is 0 Å². The molecule has 0 atom stereocenters. The fourth-order valence-electron chi connectivity index (χ4n) is 5.70. The molecule has 8 heteroatoms. The topological polar surface area (TPSA) is 101 Å². The Morgan fingerprint density at radius 3 is 2.14 bits per heavy atom. The number of benzene rings is 2. The molecule has 0 amide bonds. The van der Waals surface area contributed by atoms with Gasteiger partial charge in [-0.1, -0.05) is 6.42 Å². The molecule has 35 heavy (non-hydrogen) atoms. The highest BCUT2D eigenvalue weighted by Crippen LogP contribution is 2.46. The molecule has 0 radical (unpaired) electrons. The summed E-state index contributed by atoms with van der Waals surface area (Å²) in [7, 11) is 0. The van der Waals surface area contributed by atoms with Gasteiger partial charge in [-0.15, -0.1) is 0 Å². The van der Waals surface area contributed by atoms with Crippen LogP contribution in [0.5, 0.6) is 11.5 Å². The number of carbonyl (C=O) groups is 1. The second-order valence-electron chi connectivity index (χ2n) is 9.50. The normalized spacial score (nSPS) is 16.7. The first-order chi connectivity index (χ1) is 17.1. The molecule has 0 saturated carbocycles. The predicted molar refractivity (Wildman–Crippen MR) is 130 cm³/mol. The van der Waals surface area contributed by atoms with Crippen molar-refractivity contribution in [2.75, 3.05) is 26.4 Å². The van der Waals surface area contributed by atoms with Crippen molar-refractivity contribution in [3.05, 3.63) is 56.9 Å². The lowest BCUT2D eigenvalue weighted by Gasteiger charge is -2.26. The monoisotopic (exact) mass is 476 g/mol. The number of aliphatic hydroxyl groups excluding tert-OH is 2. The molecule has 1 aliphatic carbocycles. The van der Waals surface area contributed by atoms with E-state index in [1.165, 1.54) is 19.3 Å². The number of rotatable bonds is 6. The van der Waals surface area contributed by atoms with Crippen molar-refractivity contribution in [3.63, 3.8) is 0 Å².